The number of benzene rings is 1. The van der Waals surface area contributed by atoms with Gasteiger partial charge in [0.1, 0.15) is 0 Å². The molecule has 0 fully saturated rings. The van der Waals surface area contributed by atoms with Gasteiger partial charge in [-0.15, -0.1) is 0 Å². The maximum absolute atomic E-state index is 10.6. The lowest BCUT2D eigenvalue weighted by Gasteiger charge is -2.04. The molecule has 1 rings (SSSR count). The summed E-state index contributed by atoms with van der Waals surface area (Å²) in [4.78, 5) is 10.2. The van der Waals surface area contributed by atoms with Crippen LogP contribution < -0.4 is 5.73 Å². The second kappa shape index (κ2) is 5.25. The zero-order valence-electron chi connectivity index (χ0n) is 9.51. The van der Waals surface area contributed by atoms with E-state index >= 15 is 0 Å². The molecule has 5 heteroatoms. The highest BCUT2D eigenvalue weighted by atomic mass is 16.6. The van der Waals surface area contributed by atoms with Crippen molar-refractivity contribution in [1.82, 2.24) is 0 Å². The average molecular weight is 222 g/mol. The lowest BCUT2D eigenvalue weighted by atomic mass is 10.2. The summed E-state index contributed by atoms with van der Waals surface area (Å²) >= 11 is 0. The fourth-order valence-corrected chi connectivity index (χ4v) is 1.53. The molecule has 0 spiro atoms. The average Bonchev–Trinajstić information content (AvgIpc) is 2.30. The lowest BCUT2D eigenvalue weighted by Crippen LogP contribution is -2.29. The van der Waals surface area contributed by atoms with Gasteiger partial charge in [0, 0.05) is 12.1 Å². The van der Waals surface area contributed by atoms with Crippen LogP contribution in [0.4, 0.5) is 5.69 Å². The van der Waals surface area contributed by atoms with Gasteiger partial charge in [0.25, 0.3) is 11.5 Å². The van der Waals surface area contributed by atoms with Crippen molar-refractivity contribution in [2.75, 3.05) is 13.1 Å². The maximum atomic E-state index is 10.6. The Morgan fingerprint density at radius 2 is 2.00 bits per heavy atom. The summed E-state index contributed by atoms with van der Waals surface area (Å²) in [5.41, 5.74) is 6.70. The van der Waals surface area contributed by atoms with Crippen LogP contribution in [-0.2, 0) is 0 Å². The highest BCUT2D eigenvalue weighted by Crippen LogP contribution is 2.12. The molecule has 0 aromatic heterocycles. The van der Waals surface area contributed by atoms with Crippen LogP contribution in [0.25, 0.3) is 0 Å². The molecular weight excluding hydrogens is 206 g/mol. The molecule has 0 radical (unpaired) electrons. The van der Waals surface area contributed by atoms with Crippen molar-refractivity contribution >= 4 is 11.5 Å². The normalized spacial score (nSPS) is 9.88. The molecule has 0 atom stereocenters. The summed E-state index contributed by atoms with van der Waals surface area (Å²) in [5.74, 6) is 0.578. The first-order valence-electron chi connectivity index (χ1n) is 5.22. The number of nitrogens with two attached hydrogens (primary N) is 1. The van der Waals surface area contributed by atoms with Crippen LogP contribution in [0, 0.1) is 10.1 Å². The summed E-state index contributed by atoms with van der Waals surface area (Å²) in [6, 6.07) is 6.37. The van der Waals surface area contributed by atoms with Crippen LogP contribution in [0.15, 0.2) is 24.3 Å². The topological polar surface area (TPSA) is 72.2 Å². The Balaban J connectivity index is 3.18. The van der Waals surface area contributed by atoms with E-state index in [9.17, 15) is 10.1 Å². The van der Waals surface area contributed by atoms with Crippen molar-refractivity contribution in [1.29, 1.82) is 0 Å². The molecule has 5 nitrogen and oxygen atoms in total. The molecule has 0 aliphatic heterocycles. The largest absolute Gasteiger partial charge is 0.287 e. The Morgan fingerprint density at radius 1 is 1.38 bits per heavy atom. The van der Waals surface area contributed by atoms with Crippen molar-refractivity contribution in [2.45, 2.75) is 13.8 Å². The fraction of sp³-hybridized carbons (Fsp3) is 0.364. The molecule has 1 aromatic rings. The Bertz CT molecular complexity index is 421. The van der Waals surface area contributed by atoms with E-state index in [1.54, 1.807) is 12.1 Å². The Kier molecular flexibility index (Phi) is 3.99. The van der Waals surface area contributed by atoms with E-state index in [4.69, 9.17) is 5.73 Å². The molecule has 0 aliphatic carbocycles. The third-order valence-electron chi connectivity index (χ3n) is 2.46. The predicted molar refractivity (Wildman–Crippen MR) is 62.7 cm³/mol. The number of rotatable bonds is 4. The van der Waals surface area contributed by atoms with Crippen LogP contribution in [0.1, 0.15) is 19.4 Å². The highest BCUT2D eigenvalue weighted by Gasteiger charge is 2.13. The summed E-state index contributed by atoms with van der Waals surface area (Å²) < 4.78 is 1.96. The first-order chi connectivity index (χ1) is 7.60. The molecule has 0 bridgehead atoms. The number of non-ortho nitro benzene ring substituents is 1. The second-order valence-electron chi connectivity index (χ2n) is 3.36. The quantitative estimate of drug-likeness (QED) is 0.275. The van der Waals surface area contributed by atoms with E-state index < -0.39 is 4.92 Å². The number of nitrogens with zero attached hydrogens (tertiary/aromatic N) is 2. The predicted octanol–water partition coefficient (Wildman–Crippen LogP) is 1.35. The minimum atomic E-state index is -0.418. The van der Waals surface area contributed by atoms with Gasteiger partial charge >= 0.3 is 0 Å². The molecule has 2 N–H and O–H groups in total. The number of amidine groups is 1. The number of nitro benzene ring substituents is 1. The maximum Gasteiger partial charge on any atom is 0.275 e. The summed E-state index contributed by atoms with van der Waals surface area (Å²) in [6.45, 7) is 5.55. The summed E-state index contributed by atoms with van der Waals surface area (Å²) in [6.07, 6.45) is 0. The third-order valence-corrected chi connectivity index (χ3v) is 2.46. The van der Waals surface area contributed by atoms with Crippen molar-refractivity contribution < 1.29 is 9.50 Å². The molecule has 16 heavy (non-hydrogen) atoms. The molecule has 86 valence electrons. The van der Waals surface area contributed by atoms with Gasteiger partial charge in [0.05, 0.1) is 23.6 Å². The SMILES string of the molecule is CC[N+](CC)=C(N)c1cccc([N+](=O)[O-])c1. The van der Waals surface area contributed by atoms with E-state index in [0.29, 0.717) is 11.4 Å². The summed E-state index contributed by atoms with van der Waals surface area (Å²) in [7, 11) is 0. The van der Waals surface area contributed by atoms with Gasteiger partial charge in [-0.2, -0.15) is 0 Å². The molecule has 0 amide bonds. The van der Waals surface area contributed by atoms with Crippen LogP contribution in [0.5, 0.6) is 0 Å². The Morgan fingerprint density at radius 3 is 2.50 bits per heavy atom. The van der Waals surface area contributed by atoms with E-state index in [1.807, 2.05) is 18.4 Å². The van der Waals surface area contributed by atoms with E-state index in [1.165, 1.54) is 12.1 Å². The fourth-order valence-electron chi connectivity index (χ4n) is 1.53. The Hall–Kier alpha value is -1.91. The number of hydrogen-bond donors (Lipinski definition) is 1. The number of hydrogen-bond acceptors (Lipinski definition) is 2. The lowest BCUT2D eigenvalue weighted by molar-refractivity contribution is -0.521. The van der Waals surface area contributed by atoms with Gasteiger partial charge < -0.3 is 0 Å². The first-order valence-corrected chi connectivity index (χ1v) is 5.22. The molecule has 0 saturated heterocycles. The smallest absolute Gasteiger partial charge is 0.275 e. The van der Waals surface area contributed by atoms with Crippen LogP contribution in [0.2, 0.25) is 0 Å². The van der Waals surface area contributed by atoms with Crippen LogP contribution in [-0.4, -0.2) is 28.4 Å². The molecule has 0 unspecified atom stereocenters. The monoisotopic (exact) mass is 222 g/mol. The van der Waals surface area contributed by atoms with Gasteiger partial charge in [0.2, 0.25) is 0 Å². The Labute approximate surface area is 94.4 Å². The van der Waals surface area contributed by atoms with Gasteiger partial charge in [-0.05, 0) is 19.9 Å². The second-order valence-corrected chi connectivity index (χ2v) is 3.36. The molecule has 1 aromatic carbocycles. The highest BCUT2D eigenvalue weighted by molar-refractivity contribution is 5.94. The molecule has 0 aliphatic rings. The van der Waals surface area contributed by atoms with E-state index in [0.717, 1.165) is 13.1 Å². The molecule has 0 saturated carbocycles. The van der Waals surface area contributed by atoms with Gasteiger partial charge in [0.15, 0.2) is 0 Å². The van der Waals surface area contributed by atoms with Gasteiger partial charge in [-0.1, -0.05) is 6.07 Å². The zero-order valence-corrected chi connectivity index (χ0v) is 9.51. The summed E-state index contributed by atoms with van der Waals surface area (Å²) in [5, 5.41) is 10.6. The first kappa shape index (κ1) is 12.2. The van der Waals surface area contributed by atoms with Crippen molar-refractivity contribution in [3.05, 3.63) is 39.9 Å². The molecule has 0 heterocycles. The van der Waals surface area contributed by atoms with Crippen molar-refractivity contribution in [3.63, 3.8) is 0 Å². The number of nitro groups is 1. The third kappa shape index (κ3) is 2.56. The van der Waals surface area contributed by atoms with Crippen LogP contribution in [0.3, 0.4) is 0 Å². The van der Waals surface area contributed by atoms with Gasteiger partial charge in [-0.25, -0.2) is 0 Å². The zero-order chi connectivity index (χ0) is 12.1. The minimum absolute atomic E-state index is 0.0626. The van der Waals surface area contributed by atoms with Gasteiger partial charge in [-0.3, -0.25) is 20.4 Å². The minimum Gasteiger partial charge on any atom is -0.287 e. The van der Waals surface area contributed by atoms with E-state index in [-0.39, 0.29) is 5.69 Å². The van der Waals surface area contributed by atoms with Crippen molar-refractivity contribution in [2.24, 2.45) is 5.73 Å². The standard InChI is InChI=1S/C11H15N3O2/c1-3-13(4-2)11(12)9-6-5-7-10(8-9)14(15)16/h5-8,12H,3-4H2,1-2H3/p+1. The van der Waals surface area contributed by atoms with E-state index in [2.05, 4.69) is 0 Å². The van der Waals surface area contributed by atoms with Crippen LogP contribution >= 0.6 is 0 Å². The molecular formula is C11H16N3O2+. The van der Waals surface area contributed by atoms with Crippen molar-refractivity contribution in [3.8, 4) is 0 Å².